The Kier molecular flexibility index (Phi) is 5.15. The highest BCUT2D eigenvalue weighted by molar-refractivity contribution is 9.10. The number of nitrogens with one attached hydrogen (secondary N) is 1. The number of fused-ring (bicyclic) bond motifs is 3. The van der Waals surface area contributed by atoms with Crippen molar-refractivity contribution < 1.29 is 9.90 Å². The van der Waals surface area contributed by atoms with Gasteiger partial charge in [-0.3, -0.25) is 4.90 Å². The molecule has 3 aromatic rings. The summed E-state index contributed by atoms with van der Waals surface area (Å²) in [4.78, 5) is 13.2. The molecule has 140 valence electrons. The average molecular weight is 453 g/mol. The molecule has 0 aliphatic heterocycles. The lowest BCUT2D eigenvalue weighted by Crippen LogP contribution is -2.41. The summed E-state index contributed by atoms with van der Waals surface area (Å²) in [7, 11) is 0. The minimum absolute atomic E-state index is 0.0619. The molecule has 0 aromatic heterocycles. The van der Waals surface area contributed by atoms with Crippen molar-refractivity contribution in [2.45, 2.75) is 5.92 Å². The van der Waals surface area contributed by atoms with E-state index in [1.807, 2.05) is 48.5 Å². The zero-order chi connectivity index (χ0) is 19.7. The predicted octanol–water partition coefficient (Wildman–Crippen LogP) is 5.94. The van der Waals surface area contributed by atoms with Crippen molar-refractivity contribution in [1.82, 2.24) is 4.90 Å². The summed E-state index contributed by atoms with van der Waals surface area (Å²) < 4.78 is 0.943. The fourth-order valence-electron chi connectivity index (χ4n) is 3.61. The highest BCUT2D eigenvalue weighted by Crippen LogP contribution is 2.44. The maximum atomic E-state index is 12.0. The van der Waals surface area contributed by atoms with Gasteiger partial charge in [0, 0.05) is 22.6 Å². The van der Waals surface area contributed by atoms with Gasteiger partial charge < -0.3 is 10.4 Å². The van der Waals surface area contributed by atoms with Crippen molar-refractivity contribution in [3.63, 3.8) is 0 Å². The average Bonchev–Trinajstić information content (AvgIpc) is 3.01. The van der Waals surface area contributed by atoms with E-state index in [2.05, 4.69) is 45.5 Å². The Morgan fingerprint density at radius 2 is 1.50 bits per heavy atom. The Morgan fingerprint density at radius 3 is 2.04 bits per heavy atom. The van der Waals surface area contributed by atoms with Gasteiger partial charge in [0.1, 0.15) is 0 Å². The van der Waals surface area contributed by atoms with Crippen molar-refractivity contribution in [2.24, 2.45) is 0 Å². The number of halogens is 1. The Bertz CT molecular complexity index is 1010. The molecule has 0 bridgehead atoms. The highest BCUT2D eigenvalue weighted by Gasteiger charge is 2.32. The van der Waals surface area contributed by atoms with Gasteiger partial charge in [-0.05, 0) is 58.7 Å². The second kappa shape index (κ2) is 7.73. The van der Waals surface area contributed by atoms with Gasteiger partial charge in [0.15, 0.2) is 5.11 Å². The molecule has 1 aliphatic carbocycles. The van der Waals surface area contributed by atoms with Crippen LogP contribution in [-0.4, -0.2) is 27.8 Å². The molecule has 1 aliphatic rings. The van der Waals surface area contributed by atoms with Crippen LogP contribution in [0.1, 0.15) is 17.0 Å². The van der Waals surface area contributed by atoms with Gasteiger partial charge in [0.2, 0.25) is 0 Å². The maximum absolute atomic E-state index is 12.0. The molecule has 4 nitrogen and oxygen atoms in total. The zero-order valence-corrected chi connectivity index (χ0v) is 17.2. The third kappa shape index (κ3) is 3.53. The number of carbonyl (C=O) groups is 1. The molecule has 0 heterocycles. The Labute approximate surface area is 176 Å². The fourth-order valence-corrected chi connectivity index (χ4v) is 4.15. The van der Waals surface area contributed by atoms with Crippen LogP contribution in [-0.2, 0) is 0 Å². The first-order valence-corrected chi connectivity index (χ1v) is 10.00. The minimum atomic E-state index is -1.07. The molecule has 0 spiro atoms. The van der Waals surface area contributed by atoms with Crippen LogP contribution in [0.25, 0.3) is 11.1 Å². The Hall–Kier alpha value is -2.70. The van der Waals surface area contributed by atoms with E-state index >= 15 is 0 Å². The van der Waals surface area contributed by atoms with Crippen LogP contribution in [0.3, 0.4) is 0 Å². The predicted molar refractivity (Wildman–Crippen MR) is 119 cm³/mol. The highest BCUT2D eigenvalue weighted by atomic mass is 79.9. The topological polar surface area (TPSA) is 52.6 Å². The van der Waals surface area contributed by atoms with E-state index in [1.165, 1.54) is 4.90 Å². The first kappa shape index (κ1) is 18.7. The van der Waals surface area contributed by atoms with Crippen molar-refractivity contribution >= 4 is 45.0 Å². The van der Waals surface area contributed by atoms with Gasteiger partial charge in [-0.25, -0.2) is 4.79 Å². The van der Waals surface area contributed by atoms with Crippen LogP contribution in [0.2, 0.25) is 0 Å². The number of rotatable bonds is 3. The van der Waals surface area contributed by atoms with E-state index < -0.39 is 6.09 Å². The summed E-state index contributed by atoms with van der Waals surface area (Å²) in [5, 5.41) is 13.0. The summed E-state index contributed by atoms with van der Waals surface area (Å²) in [6, 6.07) is 23.7. The van der Waals surface area contributed by atoms with Crippen molar-refractivity contribution in [2.75, 3.05) is 11.9 Å². The molecule has 0 atom stereocenters. The normalized spacial score (nSPS) is 12.2. The first-order valence-electron chi connectivity index (χ1n) is 8.80. The summed E-state index contributed by atoms with van der Waals surface area (Å²) in [5.41, 5.74) is 5.30. The zero-order valence-electron chi connectivity index (χ0n) is 14.8. The Balaban J connectivity index is 1.62. The molecular weight excluding hydrogens is 436 g/mol. The van der Waals surface area contributed by atoms with Crippen LogP contribution in [0.4, 0.5) is 10.5 Å². The number of hydrogen-bond acceptors (Lipinski definition) is 2. The van der Waals surface area contributed by atoms with E-state index in [4.69, 9.17) is 12.2 Å². The second-order valence-corrected chi connectivity index (χ2v) is 7.86. The van der Waals surface area contributed by atoms with Crippen LogP contribution in [0.15, 0.2) is 77.3 Å². The summed E-state index contributed by atoms with van der Waals surface area (Å²) >= 11 is 8.81. The van der Waals surface area contributed by atoms with E-state index in [0.29, 0.717) is 0 Å². The molecule has 28 heavy (non-hydrogen) atoms. The van der Waals surface area contributed by atoms with Gasteiger partial charge in [-0.15, -0.1) is 0 Å². The molecular formula is C22H17BrN2O2S. The van der Waals surface area contributed by atoms with Gasteiger partial charge in [0.05, 0.1) is 0 Å². The van der Waals surface area contributed by atoms with Crippen LogP contribution < -0.4 is 5.32 Å². The van der Waals surface area contributed by atoms with Crippen LogP contribution in [0.5, 0.6) is 0 Å². The standard InChI is InChI=1S/C22H17BrN2O2S/c23-14-9-11-15(12-10-14)24-21(28)25(22(26)27)13-20-18-7-3-1-5-16(18)17-6-2-4-8-19(17)20/h1-12,20H,13H2,(H,24,28)(H,26,27). The SMILES string of the molecule is O=C(O)N(CC1c2ccccc2-c2ccccc21)C(=S)Nc1ccc(Br)cc1. The van der Waals surface area contributed by atoms with Gasteiger partial charge in [-0.2, -0.15) is 0 Å². The second-order valence-electron chi connectivity index (χ2n) is 6.56. The number of hydrogen-bond donors (Lipinski definition) is 2. The van der Waals surface area contributed by atoms with Gasteiger partial charge in [-0.1, -0.05) is 64.5 Å². The third-order valence-electron chi connectivity index (χ3n) is 4.90. The number of carboxylic acid groups (broad SMARTS) is 1. The fraction of sp³-hybridized carbons (Fsp3) is 0.0909. The molecule has 6 heteroatoms. The molecule has 0 radical (unpaired) electrons. The lowest BCUT2D eigenvalue weighted by Gasteiger charge is -2.25. The third-order valence-corrected chi connectivity index (χ3v) is 5.75. The van der Waals surface area contributed by atoms with E-state index in [-0.39, 0.29) is 17.6 Å². The van der Waals surface area contributed by atoms with Crippen molar-refractivity contribution in [3.8, 4) is 11.1 Å². The van der Waals surface area contributed by atoms with Crippen molar-refractivity contribution in [1.29, 1.82) is 0 Å². The first-order chi connectivity index (χ1) is 13.5. The molecule has 1 amide bonds. The van der Waals surface area contributed by atoms with E-state index in [0.717, 1.165) is 32.4 Å². The quantitative estimate of drug-likeness (QED) is 0.482. The van der Waals surface area contributed by atoms with E-state index in [9.17, 15) is 9.90 Å². The lowest BCUT2D eigenvalue weighted by atomic mass is 9.96. The summed E-state index contributed by atoms with van der Waals surface area (Å²) in [6.07, 6.45) is -1.07. The summed E-state index contributed by atoms with van der Waals surface area (Å²) in [6.45, 7) is 0.256. The molecule has 0 saturated carbocycles. The maximum Gasteiger partial charge on any atom is 0.413 e. The molecule has 2 N–H and O–H groups in total. The molecule has 0 unspecified atom stereocenters. The monoisotopic (exact) mass is 452 g/mol. The number of thiocarbonyl (C=S) groups is 1. The molecule has 4 rings (SSSR count). The van der Waals surface area contributed by atoms with Crippen LogP contribution >= 0.6 is 28.1 Å². The minimum Gasteiger partial charge on any atom is -0.465 e. The lowest BCUT2D eigenvalue weighted by molar-refractivity contribution is 0.169. The Morgan fingerprint density at radius 1 is 0.964 bits per heavy atom. The van der Waals surface area contributed by atoms with Crippen LogP contribution in [0, 0.1) is 0 Å². The van der Waals surface area contributed by atoms with E-state index in [1.54, 1.807) is 0 Å². The summed E-state index contributed by atoms with van der Waals surface area (Å²) in [5.74, 6) is -0.0619. The number of nitrogens with zero attached hydrogens (tertiary/aromatic N) is 1. The van der Waals surface area contributed by atoms with Gasteiger partial charge in [0.25, 0.3) is 0 Å². The molecule has 0 saturated heterocycles. The van der Waals surface area contributed by atoms with Gasteiger partial charge >= 0.3 is 6.09 Å². The van der Waals surface area contributed by atoms with Crippen molar-refractivity contribution in [3.05, 3.63) is 88.4 Å². The number of anilines is 1. The number of amides is 1. The molecule has 0 fully saturated rings. The smallest absolute Gasteiger partial charge is 0.413 e. The molecule has 3 aromatic carbocycles. The largest absolute Gasteiger partial charge is 0.465 e. The number of benzene rings is 3.